The fourth-order valence-electron chi connectivity index (χ4n) is 7.35. The first-order valence-electron chi connectivity index (χ1n) is 12.3. The molecule has 4 aliphatic carbocycles. The van der Waals surface area contributed by atoms with Crippen LogP contribution in [0.1, 0.15) is 56.5 Å². The molecule has 0 spiro atoms. The molecule has 3 fully saturated rings. The van der Waals surface area contributed by atoms with Gasteiger partial charge in [-0.05, 0) is 79.6 Å². The zero-order valence-electron chi connectivity index (χ0n) is 20.5. The standard InChI is InChI=1S/C23H28O4S.C5H4O3/c1-22-9-8-15(25)12-14(22)4-5-16-17-6-7-18(21(27)28-11-3-10-24)23(17,2)13-19(26)20(16)22;6-5(7)4-2-1-3-8-4/h8-9,12,16-20,24,26H,4-7,11,13H2,1-2H3;1-3H,(H,6,7). The third-order valence-corrected chi connectivity index (χ3v) is 9.73. The van der Waals surface area contributed by atoms with Gasteiger partial charge in [-0.1, -0.05) is 37.3 Å². The molecule has 0 bridgehead atoms. The van der Waals surface area contributed by atoms with Crippen LogP contribution in [0.4, 0.5) is 0 Å². The molecule has 4 aliphatic rings. The second-order valence-corrected chi connectivity index (χ2v) is 11.6. The Kier molecular flexibility index (Phi) is 7.53. The molecular formula is C28H32O7S. The number of thioether (sulfide) groups is 1. The molecule has 1 heterocycles. The number of aliphatic hydroxyl groups excluding tert-OH is 2. The van der Waals surface area contributed by atoms with Crippen LogP contribution < -0.4 is 0 Å². The number of aromatic carboxylic acids is 1. The molecule has 7 atom stereocenters. The molecule has 7 unspecified atom stereocenters. The van der Waals surface area contributed by atoms with Crippen LogP contribution in [0.5, 0.6) is 0 Å². The van der Waals surface area contributed by atoms with Crippen LogP contribution in [-0.2, 0) is 9.59 Å². The zero-order chi connectivity index (χ0) is 26.1. The van der Waals surface area contributed by atoms with Gasteiger partial charge in [0.15, 0.2) is 10.9 Å². The number of carbonyl (C=O) groups excluding carboxylic acids is 2. The number of rotatable bonds is 3. The monoisotopic (exact) mass is 512 g/mol. The summed E-state index contributed by atoms with van der Waals surface area (Å²) in [6, 6.07) is 2.92. The minimum atomic E-state index is -1.03. The summed E-state index contributed by atoms with van der Waals surface area (Å²) in [6.45, 7) is 4.37. The lowest BCUT2D eigenvalue weighted by Gasteiger charge is -2.58. The van der Waals surface area contributed by atoms with Gasteiger partial charge < -0.3 is 19.7 Å². The van der Waals surface area contributed by atoms with Crippen molar-refractivity contribution in [3.63, 3.8) is 0 Å². The van der Waals surface area contributed by atoms with Gasteiger partial charge in [-0.3, -0.25) is 9.59 Å². The summed E-state index contributed by atoms with van der Waals surface area (Å²) in [5.41, 5.74) is 0.710. The van der Waals surface area contributed by atoms with Crippen LogP contribution in [0.15, 0.2) is 46.6 Å². The van der Waals surface area contributed by atoms with Crippen molar-refractivity contribution >= 4 is 28.6 Å². The summed E-state index contributed by atoms with van der Waals surface area (Å²) in [5, 5.41) is 28.2. The smallest absolute Gasteiger partial charge is 0.371 e. The SMILES string of the molecule is CC12C=CC(=O)C=C1CCC1C2C(O)CC2(C)C(C(=O)SCC#CO)CCC12.O=C(O)c1ccco1. The predicted octanol–water partition coefficient (Wildman–Crippen LogP) is 4.45. The number of carboxylic acids is 1. The first-order chi connectivity index (χ1) is 17.1. The Morgan fingerprint density at radius 3 is 2.67 bits per heavy atom. The van der Waals surface area contributed by atoms with Gasteiger partial charge in [0, 0.05) is 17.3 Å². The Balaban J connectivity index is 0.000000325. The predicted molar refractivity (Wildman–Crippen MR) is 134 cm³/mol. The van der Waals surface area contributed by atoms with E-state index >= 15 is 0 Å². The number of ketones is 1. The van der Waals surface area contributed by atoms with E-state index < -0.39 is 12.1 Å². The third-order valence-electron chi connectivity index (χ3n) is 8.87. The second kappa shape index (κ2) is 10.3. The third kappa shape index (κ3) is 4.67. The Morgan fingerprint density at radius 1 is 1.25 bits per heavy atom. The molecule has 0 saturated heterocycles. The molecule has 0 amide bonds. The van der Waals surface area contributed by atoms with E-state index in [0.717, 1.165) is 31.3 Å². The van der Waals surface area contributed by atoms with Crippen LogP contribution in [0.25, 0.3) is 0 Å². The normalized spacial score (nSPS) is 36.1. The van der Waals surface area contributed by atoms with Gasteiger partial charge in [-0.2, -0.15) is 0 Å². The summed E-state index contributed by atoms with van der Waals surface area (Å²) >= 11 is 1.19. The van der Waals surface area contributed by atoms with Gasteiger partial charge in [-0.25, -0.2) is 4.79 Å². The van der Waals surface area contributed by atoms with Crippen molar-refractivity contribution in [3.8, 4) is 12.0 Å². The lowest BCUT2D eigenvalue weighted by Crippen LogP contribution is -2.56. The van der Waals surface area contributed by atoms with Crippen molar-refractivity contribution in [1.29, 1.82) is 0 Å². The van der Waals surface area contributed by atoms with Gasteiger partial charge in [0.1, 0.15) is 6.11 Å². The van der Waals surface area contributed by atoms with E-state index in [-0.39, 0.29) is 39.3 Å². The summed E-state index contributed by atoms with van der Waals surface area (Å²) in [5.74, 6) is 2.68. The average molecular weight is 513 g/mol. The van der Waals surface area contributed by atoms with E-state index in [0.29, 0.717) is 24.0 Å². The largest absolute Gasteiger partial charge is 0.475 e. The minimum Gasteiger partial charge on any atom is -0.475 e. The molecule has 0 aromatic carbocycles. The maximum Gasteiger partial charge on any atom is 0.371 e. The van der Waals surface area contributed by atoms with Gasteiger partial charge in [-0.15, -0.1) is 0 Å². The van der Waals surface area contributed by atoms with Crippen LogP contribution >= 0.6 is 11.8 Å². The van der Waals surface area contributed by atoms with Crippen LogP contribution in [0.2, 0.25) is 0 Å². The molecule has 3 N–H and O–H groups in total. The molecule has 192 valence electrons. The number of allylic oxidation sites excluding steroid dienone is 4. The highest BCUT2D eigenvalue weighted by atomic mass is 32.2. The van der Waals surface area contributed by atoms with Crippen LogP contribution in [0.3, 0.4) is 0 Å². The summed E-state index contributed by atoms with van der Waals surface area (Å²) in [6.07, 6.45) is 12.5. The fraction of sp³-hybridized carbons (Fsp3) is 0.536. The van der Waals surface area contributed by atoms with E-state index in [9.17, 15) is 19.5 Å². The number of hydrogen-bond acceptors (Lipinski definition) is 7. The van der Waals surface area contributed by atoms with Crippen molar-refractivity contribution in [2.75, 3.05) is 5.75 Å². The highest BCUT2D eigenvalue weighted by Gasteiger charge is 2.62. The fourth-order valence-corrected chi connectivity index (χ4v) is 8.22. The number of carboxylic acid groups (broad SMARTS) is 1. The van der Waals surface area contributed by atoms with Crippen molar-refractivity contribution in [1.82, 2.24) is 0 Å². The molecule has 3 saturated carbocycles. The van der Waals surface area contributed by atoms with Gasteiger partial charge in [0.2, 0.25) is 5.76 Å². The number of hydrogen-bond donors (Lipinski definition) is 3. The Labute approximate surface area is 215 Å². The molecule has 1 aromatic heterocycles. The van der Waals surface area contributed by atoms with Gasteiger partial charge in [0.05, 0.1) is 18.1 Å². The Bertz CT molecular complexity index is 1140. The van der Waals surface area contributed by atoms with E-state index in [4.69, 9.17) is 10.2 Å². The van der Waals surface area contributed by atoms with Crippen molar-refractivity contribution in [3.05, 3.63) is 48.0 Å². The molecule has 7 nitrogen and oxygen atoms in total. The summed E-state index contributed by atoms with van der Waals surface area (Å²) < 4.78 is 4.50. The number of carbonyl (C=O) groups is 3. The van der Waals surface area contributed by atoms with Crippen molar-refractivity contribution < 1.29 is 34.1 Å². The van der Waals surface area contributed by atoms with Crippen LogP contribution in [-0.4, -0.2) is 44.0 Å². The van der Waals surface area contributed by atoms with E-state index in [2.05, 4.69) is 24.2 Å². The van der Waals surface area contributed by atoms with Gasteiger partial charge >= 0.3 is 5.97 Å². The molecular weight excluding hydrogens is 480 g/mol. The Morgan fingerprint density at radius 2 is 2.03 bits per heavy atom. The maximum atomic E-state index is 12.8. The van der Waals surface area contributed by atoms with Crippen molar-refractivity contribution in [2.24, 2.45) is 34.5 Å². The molecule has 8 heteroatoms. The van der Waals surface area contributed by atoms with Crippen molar-refractivity contribution in [2.45, 2.75) is 52.1 Å². The lowest BCUT2D eigenvalue weighted by atomic mass is 9.47. The first-order valence-corrected chi connectivity index (χ1v) is 13.3. The quantitative estimate of drug-likeness (QED) is 0.507. The summed E-state index contributed by atoms with van der Waals surface area (Å²) in [4.78, 5) is 34.7. The lowest BCUT2D eigenvalue weighted by molar-refractivity contribution is -0.132. The van der Waals surface area contributed by atoms with E-state index in [1.165, 1.54) is 30.2 Å². The molecule has 5 rings (SSSR count). The maximum absolute atomic E-state index is 12.8. The molecule has 0 aliphatic heterocycles. The second-order valence-electron chi connectivity index (χ2n) is 10.6. The van der Waals surface area contributed by atoms with Gasteiger partial charge in [0.25, 0.3) is 0 Å². The van der Waals surface area contributed by atoms with E-state index in [1.54, 1.807) is 12.2 Å². The average Bonchev–Trinajstić information content (AvgIpc) is 3.48. The first kappa shape index (κ1) is 26.3. The highest BCUT2D eigenvalue weighted by molar-refractivity contribution is 8.13. The number of furan rings is 1. The topological polar surface area (TPSA) is 125 Å². The zero-order valence-corrected chi connectivity index (χ0v) is 21.3. The Hall–Kier alpha value is -2.76. The minimum absolute atomic E-state index is 0.0231. The molecule has 1 aromatic rings. The van der Waals surface area contributed by atoms with Crippen LogP contribution in [0, 0.1) is 46.5 Å². The number of aliphatic hydroxyl groups is 2. The molecule has 36 heavy (non-hydrogen) atoms. The highest BCUT2D eigenvalue weighted by Crippen LogP contribution is 2.66. The number of fused-ring (bicyclic) bond motifs is 5. The molecule has 0 radical (unpaired) electrons. The summed E-state index contributed by atoms with van der Waals surface area (Å²) in [7, 11) is 0. The van der Waals surface area contributed by atoms with E-state index in [1.807, 2.05) is 12.2 Å².